The molecule has 3 nitrogen and oxygen atoms in total. The summed E-state index contributed by atoms with van der Waals surface area (Å²) < 4.78 is 13.1. The average molecular weight is 274 g/mol. The van der Waals surface area contributed by atoms with Gasteiger partial charge in [-0.2, -0.15) is 0 Å². The van der Waals surface area contributed by atoms with Crippen LogP contribution in [0.4, 0.5) is 4.39 Å². The Balaban J connectivity index is 2.31. The molecular formula is C16H19FN2O. The first kappa shape index (κ1) is 14.6. The Labute approximate surface area is 118 Å². The van der Waals surface area contributed by atoms with E-state index in [1.54, 1.807) is 18.3 Å². The number of aliphatic hydroxyl groups is 1. The van der Waals surface area contributed by atoms with Gasteiger partial charge in [-0.15, -0.1) is 0 Å². The minimum atomic E-state index is -0.239. The molecule has 1 heterocycles. The predicted molar refractivity (Wildman–Crippen MR) is 76.8 cm³/mol. The standard InChI is InChI=1S/C16H19FN2O/c1-19(10-3-11-20)16(14-4-2-9-18-12-14)13-5-7-15(17)8-6-13/h2,4-9,12,16,20H,3,10-11H2,1H3/t16-/m0/s1. The lowest BCUT2D eigenvalue weighted by atomic mass is 9.98. The summed E-state index contributed by atoms with van der Waals surface area (Å²) in [5.74, 6) is -0.239. The molecule has 2 rings (SSSR count). The van der Waals surface area contributed by atoms with Gasteiger partial charge in [0.15, 0.2) is 0 Å². The Morgan fingerprint density at radius 2 is 1.95 bits per heavy atom. The van der Waals surface area contributed by atoms with Gasteiger partial charge in [0.25, 0.3) is 0 Å². The van der Waals surface area contributed by atoms with E-state index in [1.807, 2.05) is 25.4 Å². The molecule has 0 fully saturated rings. The van der Waals surface area contributed by atoms with Crippen molar-refractivity contribution in [1.82, 2.24) is 9.88 Å². The smallest absolute Gasteiger partial charge is 0.123 e. The molecule has 1 N–H and O–H groups in total. The van der Waals surface area contributed by atoms with Crippen LogP contribution in [0.1, 0.15) is 23.6 Å². The van der Waals surface area contributed by atoms with Crippen molar-refractivity contribution >= 4 is 0 Å². The van der Waals surface area contributed by atoms with Crippen molar-refractivity contribution in [3.8, 4) is 0 Å². The Morgan fingerprint density at radius 3 is 2.55 bits per heavy atom. The monoisotopic (exact) mass is 274 g/mol. The fraction of sp³-hybridized carbons (Fsp3) is 0.312. The first-order valence-electron chi connectivity index (χ1n) is 6.69. The maximum atomic E-state index is 13.1. The molecule has 1 atom stereocenters. The highest BCUT2D eigenvalue weighted by Gasteiger charge is 2.19. The molecule has 20 heavy (non-hydrogen) atoms. The summed E-state index contributed by atoms with van der Waals surface area (Å²) in [6, 6.07) is 10.4. The molecular weight excluding hydrogens is 255 g/mol. The van der Waals surface area contributed by atoms with Crippen LogP contribution in [0.2, 0.25) is 0 Å². The van der Waals surface area contributed by atoms with E-state index in [-0.39, 0.29) is 18.5 Å². The van der Waals surface area contributed by atoms with Crippen molar-refractivity contribution in [1.29, 1.82) is 0 Å². The van der Waals surface area contributed by atoms with Crippen LogP contribution in [0.3, 0.4) is 0 Å². The highest BCUT2D eigenvalue weighted by Crippen LogP contribution is 2.27. The second-order valence-electron chi connectivity index (χ2n) is 4.80. The SMILES string of the molecule is CN(CCCO)[C@@H](c1ccc(F)cc1)c1cccnc1. The third-order valence-corrected chi connectivity index (χ3v) is 3.30. The number of nitrogens with zero attached hydrogens (tertiary/aromatic N) is 2. The van der Waals surface area contributed by atoms with E-state index in [9.17, 15) is 4.39 Å². The van der Waals surface area contributed by atoms with Crippen molar-refractivity contribution in [2.45, 2.75) is 12.5 Å². The molecule has 1 aromatic heterocycles. The first-order valence-corrected chi connectivity index (χ1v) is 6.69. The van der Waals surface area contributed by atoms with Crippen molar-refractivity contribution in [3.63, 3.8) is 0 Å². The lowest BCUT2D eigenvalue weighted by Gasteiger charge is -2.28. The fourth-order valence-electron chi connectivity index (χ4n) is 2.33. The van der Waals surface area contributed by atoms with Gasteiger partial charge in [-0.05, 0) is 42.8 Å². The molecule has 0 amide bonds. The van der Waals surface area contributed by atoms with Crippen LogP contribution in [-0.4, -0.2) is 35.2 Å². The van der Waals surface area contributed by atoms with Gasteiger partial charge in [-0.1, -0.05) is 18.2 Å². The summed E-state index contributed by atoms with van der Waals surface area (Å²) in [5, 5.41) is 8.99. The van der Waals surface area contributed by atoms with Crippen LogP contribution in [0, 0.1) is 5.82 Å². The molecule has 106 valence electrons. The third-order valence-electron chi connectivity index (χ3n) is 3.30. The molecule has 1 aromatic carbocycles. The van der Waals surface area contributed by atoms with Crippen molar-refractivity contribution in [3.05, 3.63) is 65.7 Å². The quantitative estimate of drug-likeness (QED) is 0.879. The molecule has 0 saturated carbocycles. The van der Waals surface area contributed by atoms with Crippen LogP contribution in [-0.2, 0) is 0 Å². The second kappa shape index (κ2) is 7.12. The van der Waals surface area contributed by atoms with Gasteiger partial charge in [-0.3, -0.25) is 9.88 Å². The predicted octanol–water partition coefficient (Wildman–Crippen LogP) is 2.62. The van der Waals surface area contributed by atoms with Crippen LogP contribution in [0.25, 0.3) is 0 Å². The van der Waals surface area contributed by atoms with Crippen LogP contribution in [0.15, 0.2) is 48.8 Å². The molecule has 0 unspecified atom stereocenters. The molecule has 0 radical (unpaired) electrons. The van der Waals surface area contributed by atoms with Gasteiger partial charge < -0.3 is 5.11 Å². The number of benzene rings is 1. The molecule has 0 spiro atoms. The summed E-state index contributed by atoms with van der Waals surface area (Å²) in [6.07, 6.45) is 4.26. The number of halogens is 1. The molecule has 0 aliphatic rings. The zero-order valence-electron chi connectivity index (χ0n) is 11.5. The maximum Gasteiger partial charge on any atom is 0.123 e. The van der Waals surface area contributed by atoms with Crippen molar-refractivity contribution in [2.75, 3.05) is 20.2 Å². The molecule has 2 aromatic rings. The number of hydrogen-bond donors (Lipinski definition) is 1. The van der Waals surface area contributed by atoms with E-state index in [2.05, 4.69) is 9.88 Å². The summed E-state index contributed by atoms with van der Waals surface area (Å²) in [4.78, 5) is 6.30. The zero-order chi connectivity index (χ0) is 14.4. The van der Waals surface area contributed by atoms with Gasteiger partial charge in [0.2, 0.25) is 0 Å². The number of aromatic nitrogens is 1. The van der Waals surface area contributed by atoms with Gasteiger partial charge >= 0.3 is 0 Å². The summed E-state index contributed by atoms with van der Waals surface area (Å²) >= 11 is 0. The number of pyridine rings is 1. The molecule has 0 aliphatic carbocycles. The highest BCUT2D eigenvalue weighted by molar-refractivity contribution is 5.30. The molecule has 0 saturated heterocycles. The molecule has 0 aliphatic heterocycles. The second-order valence-corrected chi connectivity index (χ2v) is 4.80. The molecule has 4 heteroatoms. The Bertz CT molecular complexity index is 516. The highest BCUT2D eigenvalue weighted by atomic mass is 19.1. The fourth-order valence-corrected chi connectivity index (χ4v) is 2.33. The minimum absolute atomic E-state index is 0.0100. The Morgan fingerprint density at radius 1 is 1.20 bits per heavy atom. The summed E-state index contributed by atoms with van der Waals surface area (Å²) in [6.45, 7) is 0.918. The van der Waals surface area contributed by atoms with Gasteiger partial charge in [0.1, 0.15) is 5.82 Å². The van der Waals surface area contributed by atoms with Gasteiger partial charge in [0, 0.05) is 25.5 Å². The topological polar surface area (TPSA) is 36.4 Å². The largest absolute Gasteiger partial charge is 0.396 e. The van der Waals surface area contributed by atoms with Gasteiger partial charge in [-0.25, -0.2) is 4.39 Å². The van der Waals surface area contributed by atoms with E-state index >= 15 is 0 Å². The van der Waals surface area contributed by atoms with Crippen molar-refractivity contribution in [2.24, 2.45) is 0 Å². The number of aliphatic hydroxyl groups excluding tert-OH is 1. The van der Waals surface area contributed by atoms with E-state index in [1.165, 1.54) is 12.1 Å². The van der Waals surface area contributed by atoms with Crippen LogP contribution in [0.5, 0.6) is 0 Å². The lowest BCUT2D eigenvalue weighted by molar-refractivity contribution is 0.225. The maximum absolute atomic E-state index is 13.1. The first-order chi connectivity index (χ1) is 9.72. The van der Waals surface area contributed by atoms with E-state index in [0.717, 1.165) is 17.7 Å². The Hall–Kier alpha value is -1.78. The Kier molecular flexibility index (Phi) is 5.21. The van der Waals surface area contributed by atoms with Crippen LogP contribution >= 0.6 is 0 Å². The number of hydrogen-bond acceptors (Lipinski definition) is 3. The molecule has 0 bridgehead atoms. The van der Waals surface area contributed by atoms with E-state index in [0.29, 0.717) is 6.42 Å². The van der Waals surface area contributed by atoms with E-state index in [4.69, 9.17) is 5.11 Å². The summed E-state index contributed by atoms with van der Waals surface area (Å²) in [7, 11) is 2.00. The normalized spacial score (nSPS) is 12.6. The average Bonchev–Trinajstić information content (AvgIpc) is 2.48. The summed E-state index contributed by atoms with van der Waals surface area (Å²) in [5.41, 5.74) is 2.07. The lowest BCUT2D eigenvalue weighted by Crippen LogP contribution is -2.27. The van der Waals surface area contributed by atoms with Crippen molar-refractivity contribution < 1.29 is 9.50 Å². The van der Waals surface area contributed by atoms with Crippen LogP contribution < -0.4 is 0 Å². The number of rotatable bonds is 6. The minimum Gasteiger partial charge on any atom is -0.396 e. The van der Waals surface area contributed by atoms with E-state index < -0.39 is 0 Å². The zero-order valence-corrected chi connectivity index (χ0v) is 11.5. The van der Waals surface area contributed by atoms with Gasteiger partial charge in [0.05, 0.1) is 6.04 Å². The third kappa shape index (κ3) is 3.62.